The maximum atomic E-state index is 11.9. The van der Waals surface area contributed by atoms with Gasteiger partial charge >= 0.3 is 0 Å². The Kier molecular flexibility index (Phi) is 4.63. The SMILES string of the molecule is CCOc1ccc(C)cc1C(N)C(C)(C)S(C)(=O)=O. The van der Waals surface area contributed by atoms with Gasteiger partial charge in [-0.2, -0.15) is 0 Å². The molecule has 5 heteroatoms. The molecule has 4 nitrogen and oxygen atoms in total. The average Bonchev–Trinajstić information content (AvgIpc) is 2.29. The highest BCUT2D eigenvalue weighted by Crippen LogP contribution is 2.35. The minimum atomic E-state index is -3.27. The summed E-state index contributed by atoms with van der Waals surface area (Å²) in [5, 5.41) is 0. The van der Waals surface area contributed by atoms with Crippen molar-refractivity contribution >= 4 is 9.84 Å². The molecule has 0 aliphatic heterocycles. The number of rotatable bonds is 5. The third-order valence-electron chi connectivity index (χ3n) is 3.50. The molecule has 1 aromatic carbocycles. The van der Waals surface area contributed by atoms with Crippen molar-refractivity contribution in [3.63, 3.8) is 0 Å². The van der Waals surface area contributed by atoms with Crippen LogP contribution in [0.3, 0.4) is 0 Å². The van der Waals surface area contributed by atoms with Crippen LogP contribution in [0, 0.1) is 6.92 Å². The molecule has 108 valence electrons. The number of nitrogens with two attached hydrogens (primary N) is 1. The summed E-state index contributed by atoms with van der Waals surface area (Å²) >= 11 is 0. The summed E-state index contributed by atoms with van der Waals surface area (Å²) in [4.78, 5) is 0. The predicted octanol–water partition coefficient (Wildman–Crippen LogP) is 2.22. The topological polar surface area (TPSA) is 69.4 Å². The van der Waals surface area contributed by atoms with E-state index in [1.165, 1.54) is 6.26 Å². The third kappa shape index (κ3) is 3.28. The summed E-state index contributed by atoms with van der Waals surface area (Å²) in [6, 6.07) is 5.02. The summed E-state index contributed by atoms with van der Waals surface area (Å²) < 4.78 is 28.3. The highest BCUT2D eigenvalue weighted by molar-refractivity contribution is 7.92. The van der Waals surface area contributed by atoms with Gasteiger partial charge in [-0.1, -0.05) is 17.7 Å². The summed E-state index contributed by atoms with van der Waals surface area (Å²) in [6.07, 6.45) is 1.21. The van der Waals surface area contributed by atoms with Crippen LogP contribution >= 0.6 is 0 Å². The van der Waals surface area contributed by atoms with Crippen LogP contribution in [0.5, 0.6) is 5.75 Å². The van der Waals surface area contributed by atoms with Crippen molar-refractivity contribution < 1.29 is 13.2 Å². The monoisotopic (exact) mass is 285 g/mol. The largest absolute Gasteiger partial charge is 0.494 e. The van der Waals surface area contributed by atoms with E-state index in [4.69, 9.17) is 10.5 Å². The first kappa shape index (κ1) is 16.0. The van der Waals surface area contributed by atoms with Crippen LogP contribution in [-0.4, -0.2) is 26.0 Å². The summed E-state index contributed by atoms with van der Waals surface area (Å²) in [7, 11) is -3.27. The van der Waals surface area contributed by atoms with Gasteiger partial charge in [0.15, 0.2) is 9.84 Å². The van der Waals surface area contributed by atoms with Crippen molar-refractivity contribution in [1.29, 1.82) is 0 Å². The van der Waals surface area contributed by atoms with E-state index >= 15 is 0 Å². The van der Waals surface area contributed by atoms with E-state index in [1.54, 1.807) is 13.8 Å². The molecule has 0 amide bonds. The minimum Gasteiger partial charge on any atom is -0.494 e. The Morgan fingerprint density at radius 2 is 1.95 bits per heavy atom. The second-order valence-corrected chi connectivity index (χ2v) is 7.92. The number of hydrogen-bond donors (Lipinski definition) is 1. The lowest BCUT2D eigenvalue weighted by Gasteiger charge is -2.31. The van der Waals surface area contributed by atoms with Gasteiger partial charge in [-0.15, -0.1) is 0 Å². The first-order chi connectivity index (χ1) is 8.61. The van der Waals surface area contributed by atoms with Gasteiger partial charge in [-0.05, 0) is 33.8 Å². The first-order valence-corrected chi connectivity index (χ1v) is 8.19. The molecule has 1 unspecified atom stereocenters. The van der Waals surface area contributed by atoms with Gasteiger partial charge in [-0.25, -0.2) is 8.42 Å². The van der Waals surface area contributed by atoms with Crippen LogP contribution in [0.15, 0.2) is 18.2 Å². The van der Waals surface area contributed by atoms with Gasteiger partial charge in [-0.3, -0.25) is 0 Å². The Morgan fingerprint density at radius 1 is 1.37 bits per heavy atom. The molecule has 19 heavy (non-hydrogen) atoms. The molecule has 0 bridgehead atoms. The zero-order chi connectivity index (χ0) is 14.8. The number of aryl methyl sites for hydroxylation is 1. The van der Waals surface area contributed by atoms with Crippen molar-refractivity contribution in [1.82, 2.24) is 0 Å². The lowest BCUT2D eigenvalue weighted by atomic mass is 9.94. The van der Waals surface area contributed by atoms with E-state index in [0.29, 0.717) is 12.4 Å². The molecule has 1 aromatic rings. The molecular weight excluding hydrogens is 262 g/mol. The Morgan fingerprint density at radius 3 is 2.42 bits per heavy atom. The zero-order valence-corrected chi connectivity index (χ0v) is 13.0. The molecule has 0 saturated carbocycles. The first-order valence-electron chi connectivity index (χ1n) is 6.29. The Hall–Kier alpha value is -1.07. The Labute approximate surface area is 115 Å². The molecule has 0 fully saturated rings. The van der Waals surface area contributed by atoms with E-state index in [2.05, 4.69) is 0 Å². The zero-order valence-electron chi connectivity index (χ0n) is 12.2. The van der Waals surface area contributed by atoms with Crippen LogP contribution in [0.4, 0.5) is 0 Å². The van der Waals surface area contributed by atoms with Crippen molar-refractivity contribution in [3.05, 3.63) is 29.3 Å². The Balaban J connectivity index is 3.33. The maximum Gasteiger partial charge on any atom is 0.154 e. The fourth-order valence-electron chi connectivity index (χ4n) is 1.80. The van der Waals surface area contributed by atoms with Crippen LogP contribution in [-0.2, 0) is 9.84 Å². The van der Waals surface area contributed by atoms with Gasteiger partial charge in [0.1, 0.15) is 5.75 Å². The highest BCUT2D eigenvalue weighted by Gasteiger charge is 2.39. The molecule has 1 rings (SSSR count). The fraction of sp³-hybridized carbons (Fsp3) is 0.571. The molecule has 0 aliphatic rings. The molecule has 0 saturated heterocycles. The van der Waals surface area contributed by atoms with E-state index in [-0.39, 0.29) is 0 Å². The van der Waals surface area contributed by atoms with Crippen LogP contribution < -0.4 is 10.5 Å². The maximum absolute atomic E-state index is 11.9. The van der Waals surface area contributed by atoms with Gasteiger partial charge in [0.05, 0.1) is 17.4 Å². The van der Waals surface area contributed by atoms with Gasteiger partial charge < -0.3 is 10.5 Å². The molecule has 0 aliphatic carbocycles. The van der Waals surface area contributed by atoms with Crippen molar-refractivity contribution in [2.45, 2.75) is 38.5 Å². The van der Waals surface area contributed by atoms with Crippen molar-refractivity contribution in [2.24, 2.45) is 5.73 Å². The second-order valence-electron chi connectivity index (χ2n) is 5.33. The molecule has 1 atom stereocenters. The molecule has 0 radical (unpaired) electrons. The number of sulfone groups is 1. The fourth-order valence-corrected chi connectivity index (χ4v) is 2.39. The number of benzene rings is 1. The van der Waals surface area contributed by atoms with Crippen molar-refractivity contribution in [3.8, 4) is 5.75 Å². The van der Waals surface area contributed by atoms with E-state index < -0.39 is 20.6 Å². The summed E-state index contributed by atoms with van der Waals surface area (Å²) in [5.74, 6) is 0.650. The van der Waals surface area contributed by atoms with Crippen molar-refractivity contribution in [2.75, 3.05) is 12.9 Å². The summed E-state index contributed by atoms with van der Waals surface area (Å²) in [5.41, 5.74) is 7.96. The number of ether oxygens (including phenoxy) is 1. The Bertz CT molecular complexity index is 550. The second kappa shape index (κ2) is 5.51. The smallest absolute Gasteiger partial charge is 0.154 e. The van der Waals surface area contributed by atoms with E-state index in [1.807, 2.05) is 32.0 Å². The molecule has 0 spiro atoms. The molecule has 0 aromatic heterocycles. The normalized spacial score (nSPS) is 14.2. The van der Waals surface area contributed by atoms with Crippen LogP contribution in [0.1, 0.15) is 37.9 Å². The lowest BCUT2D eigenvalue weighted by Crippen LogP contribution is -2.42. The van der Waals surface area contributed by atoms with Gasteiger partial charge in [0.2, 0.25) is 0 Å². The molecule has 2 N–H and O–H groups in total. The molecule has 0 heterocycles. The third-order valence-corrected chi connectivity index (χ3v) is 5.67. The predicted molar refractivity (Wildman–Crippen MR) is 78.2 cm³/mol. The van der Waals surface area contributed by atoms with Crippen LogP contribution in [0.2, 0.25) is 0 Å². The minimum absolute atomic E-state index is 0.516. The average molecular weight is 285 g/mol. The van der Waals surface area contributed by atoms with Gasteiger partial charge in [0.25, 0.3) is 0 Å². The van der Waals surface area contributed by atoms with E-state index in [9.17, 15) is 8.42 Å². The highest BCUT2D eigenvalue weighted by atomic mass is 32.2. The lowest BCUT2D eigenvalue weighted by molar-refractivity contribution is 0.331. The standard InChI is InChI=1S/C14H23NO3S/c1-6-18-12-8-7-10(2)9-11(12)13(15)14(3,4)19(5,16)17/h7-9,13H,6,15H2,1-5H3. The number of hydrogen-bond acceptors (Lipinski definition) is 4. The van der Waals surface area contributed by atoms with Gasteiger partial charge in [0, 0.05) is 11.8 Å². The van der Waals surface area contributed by atoms with E-state index in [0.717, 1.165) is 11.1 Å². The van der Waals surface area contributed by atoms with Crippen LogP contribution in [0.25, 0.3) is 0 Å². The summed E-state index contributed by atoms with van der Waals surface area (Å²) in [6.45, 7) is 7.63. The molecular formula is C14H23NO3S. The quantitative estimate of drug-likeness (QED) is 0.900.